The second-order valence-electron chi connectivity index (χ2n) is 0.247. The van der Waals surface area contributed by atoms with Crippen LogP contribution in [0, 0.1) is 0 Å². The molecule has 0 aromatic heterocycles. The molecule has 0 rings (SSSR count). The van der Waals surface area contributed by atoms with E-state index < -0.39 is 0 Å². The maximum Gasteiger partial charge on any atom is 0.131 e. The van der Waals surface area contributed by atoms with E-state index in [1.165, 1.54) is 6.11 Å². The van der Waals surface area contributed by atoms with Crippen LogP contribution in [0.2, 0.25) is 0 Å². The molecular formula is CHBIN. The summed E-state index contributed by atoms with van der Waals surface area (Å²) in [7, 11) is 4.73. The van der Waals surface area contributed by atoms with Crippen molar-refractivity contribution in [3.05, 3.63) is 0 Å². The molecule has 3 heteroatoms. The van der Waals surface area contributed by atoms with E-state index in [-0.39, 0.29) is 0 Å². The molecule has 0 fully saturated rings. The Morgan fingerprint density at radius 2 is 2.25 bits per heavy atom. The molecule has 0 amide bonds. The van der Waals surface area contributed by atoms with Gasteiger partial charge in [-0.3, -0.25) is 0 Å². The third-order valence-corrected chi connectivity index (χ3v) is 0.378. The molecule has 0 unspecified atom stereocenters. The Balaban J connectivity index is 2.55. The van der Waals surface area contributed by atoms with Crippen LogP contribution in [0.5, 0.6) is 0 Å². The number of nitrogens with zero attached hydrogens (tertiary/aromatic N) is 1. The Kier molecular flexibility index (Phi) is 3.87. The highest BCUT2D eigenvalue weighted by Gasteiger charge is 1.37. The van der Waals surface area contributed by atoms with Gasteiger partial charge in [0.15, 0.2) is 0 Å². The van der Waals surface area contributed by atoms with Crippen LogP contribution in [0.15, 0.2) is 3.21 Å². The number of rotatable bonds is 0. The fourth-order valence-corrected chi connectivity index (χ4v) is 0. The van der Waals surface area contributed by atoms with Crippen molar-refractivity contribution in [2.75, 3.05) is 0 Å². The predicted octanol–water partition coefficient (Wildman–Crippen LogP) is 0.533. The first-order valence-corrected chi connectivity index (χ1v) is 1.73. The minimum Gasteiger partial charge on any atom is -0.239 e. The Morgan fingerprint density at radius 1 is 2.00 bits per heavy atom. The van der Waals surface area contributed by atoms with Crippen molar-refractivity contribution in [3.63, 3.8) is 0 Å². The normalized spacial score (nSPS) is 9.25. The van der Waals surface area contributed by atoms with E-state index in [0.29, 0.717) is 0 Å². The minimum absolute atomic E-state index is 1.24. The molecule has 0 spiro atoms. The quantitative estimate of drug-likeness (QED) is 0.282. The molecule has 0 atom stereocenters. The second kappa shape index (κ2) is 3.46. The summed E-state index contributed by atoms with van der Waals surface area (Å²) in [6.07, 6.45) is 1.24. The third kappa shape index (κ3) is 2.46. The van der Waals surface area contributed by atoms with E-state index in [9.17, 15) is 0 Å². The summed E-state index contributed by atoms with van der Waals surface area (Å²) in [5.41, 5.74) is 0. The molecule has 0 aromatic carbocycles. The Labute approximate surface area is 40.4 Å². The molecule has 0 aliphatic carbocycles. The van der Waals surface area contributed by atoms with Gasteiger partial charge in [-0.2, -0.15) is 0 Å². The smallest absolute Gasteiger partial charge is 0.131 e. The van der Waals surface area contributed by atoms with Crippen molar-refractivity contribution < 1.29 is 0 Å². The fourth-order valence-electron chi connectivity index (χ4n) is 0. The lowest BCUT2D eigenvalue weighted by molar-refractivity contribution is 2.15. The summed E-state index contributed by atoms with van der Waals surface area (Å²) < 4.78 is 3.36. The molecule has 20 valence electrons. The van der Waals surface area contributed by atoms with Gasteiger partial charge in [0.25, 0.3) is 0 Å². The SMILES string of the molecule is [B]C=NI. The summed E-state index contributed by atoms with van der Waals surface area (Å²) in [4.78, 5) is 0. The van der Waals surface area contributed by atoms with Crippen LogP contribution in [0.3, 0.4) is 0 Å². The first-order valence-electron chi connectivity index (χ1n) is 0.761. The van der Waals surface area contributed by atoms with Crippen molar-refractivity contribution in [2.45, 2.75) is 0 Å². The molecule has 0 saturated heterocycles. The maximum absolute atomic E-state index is 4.73. The van der Waals surface area contributed by atoms with Crippen LogP contribution in [0.1, 0.15) is 0 Å². The van der Waals surface area contributed by atoms with Gasteiger partial charge in [0, 0.05) is 0 Å². The summed E-state index contributed by atoms with van der Waals surface area (Å²) in [5.74, 6) is 0. The average Bonchev–Trinajstić information content (AvgIpc) is 1.37. The molecule has 0 aliphatic heterocycles. The van der Waals surface area contributed by atoms with Gasteiger partial charge in [0.05, 0.1) is 22.9 Å². The molecule has 0 aromatic rings. The first kappa shape index (κ1) is 4.46. The highest BCUT2D eigenvalue weighted by molar-refractivity contribution is 14.1. The summed E-state index contributed by atoms with van der Waals surface area (Å²) in [6, 6.07) is 0. The van der Waals surface area contributed by atoms with Crippen LogP contribution in [-0.2, 0) is 0 Å². The lowest BCUT2D eigenvalue weighted by Gasteiger charge is -1.48. The zero-order valence-corrected chi connectivity index (χ0v) is 4.14. The molecule has 0 heterocycles. The van der Waals surface area contributed by atoms with Gasteiger partial charge in [-0.15, -0.1) is 0 Å². The monoisotopic (exact) mass is 165 g/mol. The maximum atomic E-state index is 4.73. The molecule has 0 bridgehead atoms. The number of hydrogen-bond acceptors (Lipinski definition) is 1. The van der Waals surface area contributed by atoms with Crippen LogP contribution in [0.25, 0.3) is 0 Å². The average molecular weight is 165 g/mol. The van der Waals surface area contributed by atoms with Crippen molar-refractivity contribution in [1.82, 2.24) is 0 Å². The zero-order chi connectivity index (χ0) is 3.41. The molecule has 0 aliphatic rings. The zero-order valence-electron chi connectivity index (χ0n) is 1.98. The lowest BCUT2D eigenvalue weighted by Crippen LogP contribution is -1.53. The van der Waals surface area contributed by atoms with Gasteiger partial charge < -0.3 is 0 Å². The van der Waals surface area contributed by atoms with Gasteiger partial charge in [-0.25, -0.2) is 3.21 Å². The van der Waals surface area contributed by atoms with E-state index in [4.69, 9.17) is 7.85 Å². The van der Waals surface area contributed by atoms with Crippen LogP contribution < -0.4 is 0 Å². The molecule has 1 nitrogen and oxygen atoms in total. The van der Waals surface area contributed by atoms with Gasteiger partial charge in [-0.1, -0.05) is 0 Å². The third-order valence-electron chi connectivity index (χ3n) is 0.0563. The largest absolute Gasteiger partial charge is 0.239 e. The Hall–Kier alpha value is 0.465. The minimum atomic E-state index is 1.24. The molecule has 2 radical (unpaired) electrons. The van der Waals surface area contributed by atoms with Crippen LogP contribution in [0.4, 0.5) is 0 Å². The molecule has 0 saturated carbocycles. The van der Waals surface area contributed by atoms with E-state index in [2.05, 4.69) is 3.21 Å². The molecular weight excluding hydrogens is 164 g/mol. The molecule has 0 N–H and O–H groups in total. The van der Waals surface area contributed by atoms with Crippen LogP contribution in [-0.4, -0.2) is 14.0 Å². The van der Waals surface area contributed by atoms with E-state index >= 15 is 0 Å². The van der Waals surface area contributed by atoms with Gasteiger partial charge in [-0.05, 0) is 6.11 Å². The lowest BCUT2D eigenvalue weighted by atomic mass is 10.2. The van der Waals surface area contributed by atoms with Crippen LogP contribution >= 0.6 is 22.9 Å². The van der Waals surface area contributed by atoms with E-state index in [1.54, 1.807) is 22.9 Å². The first-order chi connectivity index (χ1) is 1.91. The van der Waals surface area contributed by atoms with Crippen molar-refractivity contribution in [3.8, 4) is 0 Å². The number of halogens is 1. The van der Waals surface area contributed by atoms with E-state index in [0.717, 1.165) is 0 Å². The van der Waals surface area contributed by atoms with Gasteiger partial charge >= 0.3 is 0 Å². The highest BCUT2D eigenvalue weighted by atomic mass is 127. The van der Waals surface area contributed by atoms with Crippen molar-refractivity contribution in [2.24, 2.45) is 3.21 Å². The highest BCUT2D eigenvalue weighted by Crippen LogP contribution is 1.72. The van der Waals surface area contributed by atoms with Crippen molar-refractivity contribution >= 4 is 36.8 Å². The van der Waals surface area contributed by atoms with Gasteiger partial charge in [0.2, 0.25) is 0 Å². The van der Waals surface area contributed by atoms with Gasteiger partial charge in [0.1, 0.15) is 7.85 Å². The topological polar surface area (TPSA) is 12.4 Å². The standard InChI is InChI=1S/CHBIN/c2-1-4-3/h1H. The summed E-state index contributed by atoms with van der Waals surface area (Å²) in [5, 5.41) is 0. The second-order valence-corrected chi connectivity index (χ2v) is 0.804. The van der Waals surface area contributed by atoms with Crippen molar-refractivity contribution in [1.29, 1.82) is 0 Å². The summed E-state index contributed by atoms with van der Waals surface area (Å²) >= 11 is 1.80. The molecule has 4 heavy (non-hydrogen) atoms. The van der Waals surface area contributed by atoms with E-state index in [1.807, 2.05) is 0 Å². The fraction of sp³-hybridized carbons (Fsp3) is 0. The number of hydrogen-bond donors (Lipinski definition) is 0. The predicted molar refractivity (Wildman–Crippen MR) is 28.3 cm³/mol. The Morgan fingerprint density at radius 3 is 2.25 bits per heavy atom. The Bertz CT molecular complexity index is 23.2. The summed E-state index contributed by atoms with van der Waals surface area (Å²) in [6.45, 7) is 0.